The number of halogens is 6. The Morgan fingerprint density at radius 2 is 1.49 bits per heavy atom. The van der Waals surface area contributed by atoms with Gasteiger partial charge in [0.25, 0.3) is 0 Å². The molecular formula is C28H22F6N2O. The predicted molar refractivity (Wildman–Crippen MR) is 128 cm³/mol. The van der Waals surface area contributed by atoms with Crippen LogP contribution in [0, 0.1) is 17.5 Å². The Balaban J connectivity index is 1.43. The highest BCUT2D eigenvalue weighted by atomic mass is 19.4. The average Bonchev–Trinajstić information content (AvgIpc) is 2.85. The highest BCUT2D eigenvalue weighted by Crippen LogP contribution is 2.34. The predicted octanol–water partition coefficient (Wildman–Crippen LogP) is 7.20. The molecule has 0 aliphatic rings. The van der Waals surface area contributed by atoms with E-state index in [-0.39, 0.29) is 18.4 Å². The molecule has 0 unspecified atom stereocenters. The summed E-state index contributed by atoms with van der Waals surface area (Å²) >= 11 is 0. The molecule has 0 saturated heterocycles. The number of benzene rings is 3. The third-order valence-corrected chi connectivity index (χ3v) is 5.85. The number of aryl methyl sites for hydroxylation is 4. The zero-order valence-corrected chi connectivity index (χ0v) is 19.6. The Hall–Kier alpha value is -3.88. The molecule has 1 aromatic heterocycles. The molecule has 0 radical (unpaired) electrons. The van der Waals surface area contributed by atoms with E-state index in [2.05, 4.69) is 16.5 Å². The lowest BCUT2D eigenvalue weighted by Gasteiger charge is -2.12. The fourth-order valence-corrected chi connectivity index (χ4v) is 4.01. The molecule has 1 heterocycles. The summed E-state index contributed by atoms with van der Waals surface area (Å²) in [4.78, 5) is 8.55. The van der Waals surface area contributed by atoms with Crippen molar-refractivity contribution in [2.75, 3.05) is 6.61 Å². The van der Waals surface area contributed by atoms with E-state index in [0.29, 0.717) is 59.5 Å². The molecular weight excluding hydrogens is 494 g/mol. The molecule has 0 aliphatic carbocycles. The number of ether oxygens (including phenoxy) is 1. The van der Waals surface area contributed by atoms with Gasteiger partial charge < -0.3 is 4.74 Å². The Kier molecular flexibility index (Phi) is 7.80. The highest BCUT2D eigenvalue weighted by molar-refractivity contribution is 5.84. The summed E-state index contributed by atoms with van der Waals surface area (Å²) in [7, 11) is 0. The van der Waals surface area contributed by atoms with Gasteiger partial charge in [0.15, 0.2) is 5.75 Å². The van der Waals surface area contributed by atoms with Gasteiger partial charge >= 0.3 is 6.18 Å². The van der Waals surface area contributed by atoms with Crippen molar-refractivity contribution in [2.24, 2.45) is 0 Å². The van der Waals surface area contributed by atoms with Gasteiger partial charge in [0.05, 0.1) is 12.4 Å². The fourth-order valence-electron chi connectivity index (χ4n) is 4.01. The van der Waals surface area contributed by atoms with Gasteiger partial charge in [-0.2, -0.15) is 13.2 Å². The number of aromatic nitrogens is 2. The van der Waals surface area contributed by atoms with E-state index >= 15 is 4.39 Å². The molecule has 3 aromatic carbocycles. The maximum Gasteiger partial charge on any atom is 0.422 e. The molecule has 9 heteroatoms. The number of hydrogen-bond donors (Lipinski definition) is 0. The maximum absolute atomic E-state index is 15.1. The van der Waals surface area contributed by atoms with Gasteiger partial charge in [-0.3, -0.25) is 0 Å². The van der Waals surface area contributed by atoms with Crippen molar-refractivity contribution in [2.45, 2.75) is 31.9 Å². The van der Waals surface area contributed by atoms with E-state index in [1.165, 1.54) is 0 Å². The first-order chi connectivity index (χ1) is 17.7. The minimum Gasteiger partial charge on any atom is -0.486 e. The first kappa shape index (κ1) is 26.2. The molecule has 192 valence electrons. The molecule has 0 spiro atoms. The number of fused-ring (bicyclic) bond motifs is 1. The lowest BCUT2D eigenvalue weighted by molar-refractivity contribution is -0.142. The number of rotatable bonds is 9. The van der Waals surface area contributed by atoms with Crippen molar-refractivity contribution in [3.8, 4) is 5.75 Å². The summed E-state index contributed by atoms with van der Waals surface area (Å²) in [6.07, 6.45) is 0.939. The Morgan fingerprint density at radius 1 is 0.811 bits per heavy atom. The van der Waals surface area contributed by atoms with E-state index < -0.39 is 29.2 Å². The second kappa shape index (κ2) is 11.0. The standard InChI is InChI=1S/C28H22F6N2O/c1-2-11-37-21-15-35-25(36-16-21)10-5-17-4-9-22-20(12-17)8-7-19(27(22)31)6-3-18-13-23(29)26(24(30)14-18)28(32,33)34/h2,4,7-9,12-16H,1,3,5-6,10-11H2. The third-order valence-electron chi connectivity index (χ3n) is 5.85. The van der Waals surface area contributed by atoms with Crippen molar-refractivity contribution in [3.63, 3.8) is 0 Å². The number of alkyl halides is 3. The van der Waals surface area contributed by atoms with E-state index in [1.54, 1.807) is 42.7 Å². The van der Waals surface area contributed by atoms with Crippen LogP contribution in [0.4, 0.5) is 26.3 Å². The van der Waals surface area contributed by atoms with Crippen LogP contribution in [0.3, 0.4) is 0 Å². The number of hydrogen-bond acceptors (Lipinski definition) is 3. The van der Waals surface area contributed by atoms with Crippen molar-refractivity contribution >= 4 is 10.8 Å². The summed E-state index contributed by atoms with van der Waals surface area (Å²) in [5.41, 5.74) is -0.649. The van der Waals surface area contributed by atoms with Gasteiger partial charge in [0.2, 0.25) is 0 Å². The van der Waals surface area contributed by atoms with Crippen LogP contribution in [-0.4, -0.2) is 16.6 Å². The fraction of sp³-hybridized carbons (Fsp3) is 0.214. The van der Waals surface area contributed by atoms with Gasteiger partial charge in [-0.1, -0.05) is 43.0 Å². The summed E-state index contributed by atoms with van der Waals surface area (Å²) < 4.78 is 86.5. The molecule has 0 atom stereocenters. The van der Waals surface area contributed by atoms with Gasteiger partial charge in [-0.25, -0.2) is 23.1 Å². The first-order valence-corrected chi connectivity index (χ1v) is 11.5. The largest absolute Gasteiger partial charge is 0.486 e. The normalized spacial score (nSPS) is 11.6. The highest BCUT2D eigenvalue weighted by Gasteiger charge is 2.37. The van der Waals surface area contributed by atoms with Crippen molar-refractivity contribution in [1.82, 2.24) is 9.97 Å². The van der Waals surface area contributed by atoms with E-state index in [1.807, 2.05) is 6.07 Å². The second-order valence-electron chi connectivity index (χ2n) is 8.46. The zero-order chi connectivity index (χ0) is 26.6. The maximum atomic E-state index is 15.1. The van der Waals surface area contributed by atoms with Gasteiger partial charge in [-0.15, -0.1) is 0 Å². The van der Waals surface area contributed by atoms with Gasteiger partial charge in [-0.05, 0) is 53.5 Å². The minimum absolute atomic E-state index is 0.0142. The van der Waals surface area contributed by atoms with Crippen LogP contribution >= 0.6 is 0 Å². The Bertz CT molecular complexity index is 1390. The zero-order valence-electron chi connectivity index (χ0n) is 19.6. The van der Waals surface area contributed by atoms with Gasteiger partial charge in [0, 0.05) is 11.8 Å². The molecule has 0 N–H and O–H groups in total. The monoisotopic (exact) mass is 516 g/mol. The lowest BCUT2D eigenvalue weighted by atomic mass is 9.97. The molecule has 37 heavy (non-hydrogen) atoms. The lowest BCUT2D eigenvalue weighted by Crippen LogP contribution is -2.12. The Labute approximate surface area is 209 Å². The average molecular weight is 516 g/mol. The second-order valence-corrected chi connectivity index (χ2v) is 8.46. The number of nitrogens with zero attached hydrogens (tertiary/aromatic N) is 2. The van der Waals surface area contributed by atoms with E-state index in [0.717, 1.165) is 5.56 Å². The van der Waals surface area contributed by atoms with Crippen LogP contribution in [-0.2, 0) is 31.9 Å². The van der Waals surface area contributed by atoms with Crippen LogP contribution < -0.4 is 4.74 Å². The summed E-state index contributed by atoms with van der Waals surface area (Å²) in [5, 5.41) is 1.06. The molecule has 4 rings (SSSR count). The van der Waals surface area contributed by atoms with Crippen LogP contribution in [0.25, 0.3) is 10.8 Å². The molecule has 0 amide bonds. The summed E-state index contributed by atoms with van der Waals surface area (Å²) in [6, 6.07) is 9.93. The van der Waals surface area contributed by atoms with Crippen LogP contribution in [0.2, 0.25) is 0 Å². The first-order valence-electron chi connectivity index (χ1n) is 11.5. The minimum atomic E-state index is -5.13. The topological polar surface area (TPSA) is 35.0 Å². The van der Waals surface area contributed by atoms with Crippen molar-refractivity contribution in [3.05, 3.63) is 113 Å². The van der Waals surface area contributed by atoms with E-state index in [4.69, 9.17) is 4.74 Å². The molecule has 4 aromatic rings. The molecule has 0 aliphatic heterocycles. The Morgan fingerprint density at radius 3 is 2.14 bits per heavy atom. The van der Waals surface area contributed by atoms with Crippen LogP contribution in [0.1, 0.15) is 28.1 Å². The molecule has 0 saturated carbocycles. The quantitative estimate of drug-likeness (QED) is 0.174. The molecule has 3 nitrogen and oxygen atoms in total. The summed E-state index contributed by atoms with van der Waals surface area (Å²) in [6.45, 7) is 3.94. The molecule has 0 fully saturated rings. The third kappa shape index (κ3) is 6.28. The summed E-state index contributed by atoms with van der Waals surface area (Å²) in [5.74, 6) is -2.65. The van der Waals surface area contributed by atoms with Crippen molar-refractivity contribution < 1.29 is 31.1 Å². The molecule has 0 bridgehead atoms. The van der Waals surface area contributed by atoms with E-state index in [9.17, 15) is 22.0 Å². The van der Waals surface area contributed by atoms with Crippen molar-refractivity contribution in [1.29, 1.82) is 0 Å². The van der Waals surface area contributed by atoms with Gasteiger partial charge in [0.1, 0.15) is 35.4 Å². The smallest absolute Gasteiger partial charge is 0.422 e. The van der Waals surface area contributed by atoms with Crippen LogP contribution in [0.15, 0.2) is 67.5 Å². The van der Waals surface area contributed by atoms with Crippen LogP contribution in [0.5, 0.6) is 5.75 Å². The SMILES string of the molecule is C=CCOc1cnc(CCc2ccc3c(F)c(CCc4cc(F)c(C(F)(F)F)c(F)c4)ccc3c2)nc1.